The molecular formula is C16H11ClN2O2. The second kappa shape index (κ2) is 5.14. The number of nitrogens with zero attached hydrogens (tertiary/aromatic N) is 1. The molecule has 0 saturated heterocycles. The van der Waals surface area contributed by atoms with Crippen molar-refractivity contribution in [3.8, 4) is 0 Å². The van der Waals surface area contributed by atoms with Crippen LogP contribution in [0.4, 0.5) is 0 Å². The van der Waals surface area contributed by atoms with Crippen LogP contribution < -0.4 is 5.43 Å². The second-order valence-corrected chi connectivity index (χ2v) is 5.15. The van der Waals surface area contributed by atoms with Gasteiger partial charge in [-0.15, -0.1) is 0 Å². The van der Waals surface area contributed by atoms with Crippen LogP contribution in [0.5, 0.6) is 0 Å². The van der Waals surface area contributed by atoms with Crippen molar-refractivity contribution < 1.29 is 4.79 Å². The van der Waals surface area contributed by atoms with Gasteiger partial charge in [0.15, 0.2) is 5.78 Å². The molecule has 1 N–H and O–H groups in total. The van der Waals surface area contributed by atoms with E-state index in [9.17, 15) is 9.59 Å². The van der Waals surface area contributed by atoms with Gasteiger partial charge in [-0.3, -0.25) is 9.59 Å². The predicted octanol–water partition coefficient (Wildman–Crippen LogP) is 3.12. The SMILES string of the molecule is Cc1ccc2c(=O)c(C(=O)c3ccc(Cl)cc3)c[nH]c2n1. The number of nitrogens with one attached hydrogen (secondary N) is 1. The molecule has 0 atom stereocenters. The van der Waals surface area contributed by atoms with Crippen molar-refractivity contribution in [2.75, 3.05) is 0 Å². The Balaban J connectivity index is 2.14. The van der Waals surface area contributed by atoms with Gasteiger partial charge in [0, 0.05) is 22.5 Å². The molecule has 0 fully saturated rings. The second-order valence-electron chi connectivity index (χ2n) is 4.72. The highest BCUT2D eigenvalue weighted by molar-refractivity contribution is 6.30. The molecule has 0 radical (unpaired) electrons. The van der Waals surface area contributed by atoms with Crippen molar-refractivity contribution in [1.29, 1.82) is 0 Å². The zero-order valence-electron chi connectivity index (χ0n) is 11.2. The molecule has 0 aliphatic heterocycles. The first-order valence-electron chi connectivity index (χ1n) is 6.35. The summed E-state index contributed by atoms with van der Waals surface area (Å²) >= 11 is 5.80. The number of aromatic nitrogens is 2. The third kappa shape index (κ3) is 2.45. The van der Waals surface area contributed by atoms with Gasteiger partial charge in [-0.1, -0.05) is 11.6 Å². The van der Waals surface area contributed by atoms with Crippen LogP contribution in [0.2, 0.25) is 5.02 Å². The lowest BCUT2D eigenvalue weighted by Gasteiger charge is -2.03. The molecule has 1 aromatic carbocycles. The molecule has 5 heteroatoms. The number of hydrogen-bond donors (Lipinski definition) is 1. The topological polar surface area (TPSA) is 62.8 Å². The molecule has 2 aromatic heterocycles. The Labute approximate surface area is 125 Å². The van der Waals surface area contributed by atoms with Crippen LogP contribution in [0.1, 0.15) is 21.6 Å². The number of rotatable bonds is 2. The number of carbonyl (C=O) groups is 1. The van der Waals surface area contributed by atoms with Crippen LogP contribution in [-0.4, -0.2) is 15.8 Å². The molecule has 104 valence electrons. The Morgan fingerprint density at radius 2 is 1.86 bits per heavy atom. The van der Waals surface area contributed by atoms with Crippen molar-refractivity contribution in [2.24, 2.45) is 0 Å². The van der Waals surface area contributed by atoms with E-state index in [-0.39, 0.29) is 16.8 Å². The minimum absolute atomic E-state index is 0.0930. The first kappa shape index (κ1) is 13.5. The number of pyridine rings is 2. The number of benzene rings is 1. The smallest absolute Gasteiger partial charge is 0.202 e. The molecule has 0 aliphatic rings. The van der Waals surface area contributed by atoms with Gasteiger partial charge in [0.1, 0.15) is 5.65 Å². The minimum Gasteiger partial charge on any atom is -0.345 e. The molecule has 3 aromatic rings. The van der Waals surface area contributed by atoms with Gasteiger partial charge in [-0.05, 0) is 43.3 Å². The molecule has 2 heterocycles. The molecule has 3 rings (SSSR count). The van der Waals surface area contributed by atoms with Gasteiger partial charge in [-0.25, -0.2) is 4.98 Å². The lowest BCUT2D eigenvalue weighted by molar-refractivity contribution is 0.103. The maximum absolute atomic E-state index is 12.4. The summed E-state index contributed by atoms with van der Waals surface area (Å²) in [5, 5.41) is 0.944. The molecule has 0 aliphatic carbocycles. The number of carbonyl (C=O) groups excluding carboxylic acids is 1. The van der Waals surface area contributed by atoms with Crippen LogP contribution in [0.15, 0.2) is 47.4 Å². The van der Waals surface area contributed by atoms with E-state index in [2.05, 4.69) is 9.97 Å². The van der Waals surface area contributed by atoms with E-state index in [0.717, 1.165) is 5.69 Å². The molecule has 4 nitrogen and oxygen atoms in total. The van der Waals surface area contributed by atoms with Gasteiger partial charge in [-0.2, -0.15) is 0 Å². The highest BCUT2D eigenvalue weighted by atomic mass is 35.5. The fourth-order valence-electron chi connectivity index (χ4n) is 2.13. The van der Waals surface area contributed by atoms with E-state index in [1.54, 1.807) is 36.4 Å². The van der Waals surface area contributed by atoms with Gasteiger partial charge in [0.25, 0.3) is 0 Å². The van der Waals surface area contributed by atoms with E-state index in [1.165, 1.54) is 6.20 Å². The fourth-order valence-corrected chi connectivity index (χ4v) is 2.25. The molecule has 0 spiro atoms. The van der Waals surface area contributed by atoms with E-state index in [1.807, 2.05) is 6.92 Å². The summed E-state index contributed by atoms with van der Waals surface area (Å²) in [7, 11) is 0. The van der Waals surface area contributed by atoms with Crippen LogP contribution in [0, 0.1) is 6.92 Å². The summed E-state index contributed by atoms with van der Waals surface area (Å²) in [5.74, 6) is -0.338. The first-order chi connectivity index (χ1) is 10.1. The Morgan fingerprint density at radius 1 is 1.14 bits per heavy atom. The number of H-pyrrole nitrogens is 1. The standard InChI is InChI=1S/C16H11ClN2O2/c1-9-2-7-12-15(21)13(8-18-16(12)19-9)14(20)10-3-5-11(17)6-4-10/h2-8H,1H3,(H,18,19,21). The third-order valence-electron chi connectivity index (χ3n) is 3.23. The molecule has 21 heavy (non-hydrogen) atoms. The normalized spacial score (nSPS) is 10.8. The highest BCUT2D eigenvalue weighted by Crippen LogP contribution is 2.13. The van der Waals surface area contributed by atoms with Crippen molar-refractivity contribution >= 4 is 28.4 Å². The summed E-state index contributed by atoms with van der Waals surface area (Å²) in [4.78, 5) is 32.0. The average Bonchev–Trinajstić information content (AvgIpc) is 2.47. The molecule has 0 bridgehead atoms. The Bertz CT molecular complexity index is 898. The number of halogens is 1. The largest absolute Gasteiger partial charge is 0.345 e. The van der Waals surface area contributed by atoms with E-state index >= 15 is 0 Å². The van der Waals surface area contributed by atoms with E-state index < -0.39 is 0 Å². The van der Waals surface area contributed by atoms with Crippen LogP contribution in [-0.2, 0) is 0 Å². The van der Waals surface area contributed by atoms with Crippen LogP contribution >= 0.6 is 11.6 Å². The first-order valence-corrected chi connectivity index (χ1v) is 6.73. The van der Waals surface area contributed by atoms with Crippen molar-refractivity contribution in [1.82, 2.24) is 9.97 Å². The van der Waals surface area contributed by atoms with Gasteiger partial charge in [0.2, 0.25) is 5.43 Å². The lowest BCUT2D eigenvalue weighted by Crippen LogP contribution is -2.17. The van der Waals surface area contributed by atoms with Crippen LogP contribution in [0.25, 0.3) is 11.0 Å². The number of hydrogen-bond acceptors (Lipinski definition) is 3. The molecule has 0 unspecified atom stereocenters. The summed E-state index contributed by atoms with van der Waals surface area (Å²) in [6.45, 7) is 1.84. The third-order valence-corrected chi connectivity index (χ3v) is 3.48. The maximum Gasteiger partial charge on any atom is 0.202 e. The van der Waals surface area contributed by atoms with Gasteiger partial charge in [0.05, 0.1) is 10.9 Å². The van der Waals surface area contributed by atoms with Gasteiger partial charge < -0.3 is 4.98 Å². The zero-order chi connectivity index (χ0) is 15.0. The number of ketones is 1. The summed E-state index contributed by atoms with van der Waals surface area (Å²) in [6.07, 6.45) is 1.41. The minimum atomic E-state index is -0.338. The quantitative estimate of drug-likeness (QED) is 0.739. The maximum atomic E-state index is 12.4. The van der Waals surface area contributed by atoms with E-state index in [4.69, 9.17) is 11.6 Å². The predicted molar refractivity (Wildman–Crippen MR) is 82.0 cm³/mol. The lowest BCUT2D eigenvalue weighted by atomic mass is 10.0. The molecule has 0 saturated carbocycles. The molecular weight excluding hydrogens is 288 g/mol. The molecule has 0 amide bonds. The summed E-state index contributed by atoms with van der Waals surface area (Å²) in [6, 6.07) is 9.86. The number of fused-ring (bicyclic) bond motifs is 1. The Kier molecular flexibility index (Phi) is 3.31. The monoisotopic (exact) mass is 298 g/mol. The van der Waals surface area contributed by atoms with Crippen molar-refractivity contribution in [3.05, 3.63) is 74.7 Å². The fraction of sp³-hybridized carbons (Fsp3) is 0.0625. The Morgan fingerprint density at radius 3 is 2.57 bits per heavy atom. The highest BCUT2D eigenvalue weighted by Gasteiger charge is 2.15. The van der Waals surface area contributed by atoms with Crippen LogP contribution in [0.3, 0.4) is 0 Å². The summed E-state index contributed by atoms with van der Waals surface area (Å²) in [5.41, 5.74) is 1.47. The average molecular weight is 299 g/mol. The number of aryl methyl sites for hydroxylation is 1. The Hall–Kier alpha value is -2.46. The number of aromatic amines is 1. The zero-order valence-corrected chi connectivity index (χ0v) is 11.9. The summed E-state index contributed by atoms with van der Waals surface area (Å²) < 4.78 is 0. The van der Waals surface area contributed by atoms with Crippen molar-refractivity contribution in [3.63, 3.8) is 0 Å². The van der Waals surface area contributed by atoms with Crippen molar-refractivity contribution in [2.45, 2.75) is 6.92 Å². The van der Waals surface area contributed by atoms with E-state index in [0.29, 0.717) is 21.6 Å². The van der Waals surface area contributed by atoms with Gasteiger partial charge >= 0.3 is 0 Å².